The second-order valence-electron chi connectivity index (χ2n) is 11.3. The van der Waals surface area contributed by atoms with E-state index in [9.17, 15) is 14.0 Å². The van der Waals surface area contributed by atoms with Crippen LogP contribution in [0.15, 0.2) is 103 Å². The quantitative estimate of drug-likeness (QED) is 0.231. The van der Waals surface area contributed by atoms with E-state index in [-0.39, 0.29) is 17.9 Å². The maximum atomic E-state index is 13.4. The summed E-state index contributed by atoms with van der Waals surface area (Å²) in [5.74, 6) is 1.36. The summed E-state index contributed by atoms with van der Waals surface area (Å²) in [7, 11) is 1.65. The molecule has 2 fully saturated rings. The Morgan fingerprint density at radius 2 is 1.41 bits per heavy atom. The monoisotopic (exact) mass is 624 g/mol. The number of likely N-dealkylation sites (tertiary alicyclic amines) is 1. The molecule has 2 aliphatic heterocycles. The molecule has 4 aromatic rings. The zero-order chi connectivity index (χ0) is 31.9. The Morgan fingerprint density at radius 1 is 0.761 bits per heavy atom. The van der Waals surface area contributed by atoms with Crippen LogP contribution in [0.5, 0.6) is 17.2 Å². The van der Waals surface area contributed by atoms with Crippen LogP contribution >= 0.6 is 0 Å². The highest BCUT2D eigenvalue weighted by atomic mass is 19.1. The van der Waals surface area contributed by atoms with Gasteiger partial charge in [-0.1, -0.05) is 18.2 Å². The highest BCUT2D eigenvalue weighted by molar-refractivity contribution is 5.90. The molecule has 2 saturated heterocycles. The van der Waals surface area contributed by atoms with Gasteiger partial charge in [0.1, 0.15) is 29.2 Å². The summed E-state index contributed by atoms with van der Waals surface area (Å²) in [6.45, 7) is 3.85. The number of piperidine rings is 1. The summed E-state index contributed by atoms with van der Waals surface area (Å²) < 4.78 is 30.7. The van der Waals surface area contributed by atoms with Gasteiger partial charge in [0.05, 0.1) is 18.7 Å². The van der Waals surface area contributed by atoms with Gasteiger partial charge in [-0.25, -0.2) is 14.0 Å². The first-order chi connectivity index (χ1) is 22.4. The highest BCUT2D eigenvalue weighted by Gasteiger charge is 2.39. The average Bonchev–Trinajstić information content (AvgIpc) is 3.10. The second kappa shape index (κ2) is 14.3. The molecule has 0 aliphatic carbocycles. The van der Waals surface area contributed by atoms with E-state index in [0.717, 1.165) is 37.6 Å². The molecule has 0 bridgehead atoms. The normalized spacial score (nSPS) is 18.5. The summed E-state index contributed by atoms with van der Waals surface area (Å²) in [5.41, 5.74) is 2.07. The number of methoxy groups -OCH3 is 1. The molecule has 2 atom stereocenters. The Bertz CT molecular complexity index is 1590. The van der Waals surface area contributed by atoms with Crippen molar-refractivity contribution < 1.29 is 28.2 Å². The molecule has 2 aliphatic rings. The number of carbonyl (C=O) groups excluding carboxylic acids is 2. The Morgan fingerprint density at radius 3 is 2.09 bits per heavy atom. The van der Waals surface area contributed by atoms with E-state index in [1.165, 1.54) is 24.3 Å². The van der Waals surface area contributed by atoms with Crippen molar-refractivity contribution in [1.29, 1.82) is 0 Å². The van der Waals surface area contributed by atoms with Crippen LogP contribution in [0.4, 0.5) is 20.6 Å². The third-order valence-corrected chi connectivity index (χ3v) is 8.45. The molecule has 1 N–H and O–H groups in total. The van der Waals surface area contributed by atoms with Gasteiger partial charge in [0.25, 0.3) is 0 Å². The molecular weight excluding hydrogens is 587 g/mol. The van der Waals surface area contributed by atoms with E-state index in [4.69, 9.17) is 14.2 Å². The standard InChI is InChI=1S/C36H37FN4O5/c1-44-30-17-13-29(14-18-30)39-21-23-40(24-22-39)33-25-41(36(43)38-28-11-9-27(37)10-12-28)20-19-34(33)46-35(42)26-7-15-32(16-8-26)45-31-5-3-2-4-6-31/h2-18,33-34H,19-25H2,1H3,(H,38,43)/t33-,34-/m1/s1. The topological polar surface area (TPSA) is 83.6 Å². The van der Waals surface area contributed by atoms with E-state index in [1.807, 2.05) is 42.5 Å². The minimum absolute atomic E-state index is 0.199. The number of rotatable bonds is 8. The van der Waals surface area contributed by atoms with Crippen LogP contribution in [-0.2, 0) is 4.74 Å². The van der Waals surface area contributed by atoms with Crippen LogP contribution < -0.4 is 19.7 Å². The molecule has 238 valence electrons. The molecule has 9 nitrogen and oxygen atoms in total. The van der Waals surface area contributed by atoms with E-state index in [2.05, 4.69) is 27.2 Å². The number of esters is 1. The molecule has 4 aromatic carbocycles. The van der Waals surface area contributed by atoms with E-state index < -0.39 is 12.1 Å². The summed E-state index contributed by atoms with van der Waals surface area (Å²) in [6.07, 6.45) is 0.0800. The molecule has 0 aromatic heterocycles. The summed E-state index contributed by atoms with van der Waals surface area (Å²) >= 11 is 0. The molecule has 10 heteroatoms. The number of nitrogens with zero attached hydrogens (tertiary/aromatic N) is 3. The maximum absolute atomic E-state index is 13.4. The highest BCUT2D eigenvalue weighted by Crippen LogP contribution is 2.27. The molecule has 2 heterocycles. The van der Waals surface area contributed by atoms with Gasteiger partial charge in [0.15, 0.2) is 0 Å². The number of carbonyl (C=O) groups is 2. The summed E-state index contributed by atoms with van der Waals surface area (Å²) in [6, 6.07) is 29.6. The van der Waals surface area contributed by atoms with Crippen LogP contribution in [-0.4, -0.2) is 80.3 Å². The number of amides is 2. The molecule has 6 rings (SSSR count). The maximum Gasteiger partial charge on any atom is 0.338 e. The Kier molecular flexibility index (Phi) is 9.64. The molecule has 2 amide bonds. The van der Waals surface area contributed by atoms with Gasteiger partial charge >= 0.3 is 12.0 Å². The van der Waals surface area contributed by atoms with Gasteiger partial charge in [-0.05, 0) is 84.9 Å². The number of anilines is 2. The first kappa shape index (κ1) is 30.9. The lowest BCUT2D eigenvalue weighted by Gasteiger charge is -2.46. The zero-order valence-corrected chi connectivity index (χ0v) is 25.7. The zero-order valence-electron chi connectivity index (χ0n) is 25.7. The van der Waals surface area contributed by atoms with Gasteiger partial charge < -0.3 is 29.3 Å². The van der Waals surface area contributed by atoms with Gasteiger partial charge in [-0.3, -0.25) is 4.90 Å². The SMILES string of the molecule is COc1ccc(N2CCN([C@@H]3CN(C(=O)Nc4ccc(F)cc4)CC[C@H]3OC(=O)c3ccc(Oc4ccccc4)cc3)CC2)cc1. The fourth-order valence-corrected chi connectivity index (χ4v) is 5.91. The number of nitrogens with one attached hydrogen (secondary N) is 1. The molecule has 0 unspecified atom stereocenters. The number of benzene rings is 4. The third kappa shape index (κ3) is 7.58. The van der Waals surface area contributed by atoms with Crippen molar-refractivity contribution in [3.05, 3.63) is 115 Å². The van der Waals surface area contributed by atoms with Crippen LogP contribution in [0.3, 0.4) is 0 Å². The molecule has 0 spiro atoms. The number of ether oxygens (including phenoxy) is 3. The number of piperazine rings is 1. The van der Waals surface area contributed by atoms with Gasteiger partial charge in [0.2, 0.25) is 0 Å². The third-order valence-electron chi connectivity index (χ3n) is 8.45. The predicted octanol–water partition coefficient (Wildman–Crippen LogP) is 6.28. The van der Waals surface area contributed by atoms with Crippen molar-refractivity contribution in [2.75, 3.05) is 56.6 Å². The summed E-state index contributed by atoms with van der Waals surface area (Å²) in [5, 5.41) is 2.87. The lowest BCUT2D eigenvalue weighted by Crippen LogP contribution is -2.61. The van der Waals surface area contributed by atoms with Crippen LogP contribution in [0, 0.1) is 5.82 Å². The van der Waals surface area contributed by atoms with E-state index in [1.54, 1.807) is 36.3 Å². The van der Waals surface area contributed by atoms with Gasteiger partial charge in [0, 0.05) is 57.1 Å². The molecular formula is C36H37FN4O5. The largest absolute Gasteiger partial charge is 0.497 e. The fourth-order valence-electron chi connectivity index (χ4n) is 5.91. The number of halogens is 1. The Hall–Kier alpha value is -5.09. The average molecular weight is 625 g/mol. The van der Waals surface area contributed by atoms with E-state index >= 15 is 0 Å². The minimum atomic E-state index is -0.414. The Balaban J connectivity index is 1.13. The fraction of sp³-hybridized carbons (Fsp3) is 0.278. The molecule has 0 radical (unpaired) electrons. The Labute approximate surface area is 268 Å². The number of urea groups is 1. The smallest absolute Gasteiger partial charge is 0.338 e. The number of hydrogen-bond acceptors (Lipinski definition) is 7. The predicted molar refractivity (Wildman–Crippen MR) is 174 cm³/mol. The van der Waals surface area contributed by atoms with Crippen molar-refractivity contribution in [2.45, 2.75) is 18.6 Å². The van der Waals surface area contributed by atoms with Crippen LogP contribution in [0.1, 0.15) is 16.8 Å². The molecule has 0 saturated carbocycles. The number of para-hydroxylation sites is 1. The minimum Gasteiger partial charge on any atom is -0.497 e. The first-order valence-electron chi connectivity index (χ1n) is 15.4. The van der Waals surface area contributed by atoms with Crippen molar-refractivity contribution in [1.82, 2.24) is 9.80 Å². The lowest BCUT2D eigenvalue weighted by molar-refractivity contribution is -0.0290. The van der Waals surface area contributed by atoms with Gasteiger partial charge in [-0.2, -0.15) is 0 Å². The van der Waals surface area contributed by atoms with Crippen molar-refractivity contribution in [3.63, 3.8) is 0 Å². The van der Waals surface area contributed by atoms with Crippen molar-refractivity contribution >= 4 is 23.4 Å². The number of hydrogen-bond donors (Lipinski definition) is 1. The first-order valence-corrected chi connectivity index (χ1v) is 15.4. The lowest BCUT2D eigenvalue weighted by atomic mass is 9.99. The van der Waals surface area contributed by atoms with Crippen LogP contribution in [0.2, 0.25) is 0 Å². The van der Waals surface area contributed by atoms with Crippen molar-refractivity contribution in [3.8, 4) is 17.2 Å². The van der Waals surface area contributed by atoms with Crippen molar-refractivity contribution in [2.24, 2.45) is 0 Å². The van der Waals surface area contributed by atoms with E-state index in [0.29, 0.717) is 42.3 Å². The van der Waals surface area contributed by atoms with Gasteiger partial charge in [-0.15, -0.1) is 0 Å². The second-order valence-corrected chi connectivity index (χ2v) is 11.3. The summed E-state index contributed by atoms with van der Waals surface area (Å²) in [4.78, 5) is 33.0. The molecule has 46 heavy (non-hydrogen) atoms. The van der Waals surface area contributed by atoms with Crippen LogP contribution in [0.25, 0.3) is 0 Å².